The number of fused-ring (bicyclic) bond motifs is 2. The van der Waals surface area contributed by atoms with Gasteiger partial charge in [0.05, 0.1) is 11.5 Å². The Labute approximate surface area is 122 Å². The molecule has 3 aliphatic rings. The van der Waals surface area contributed by atoms with Crippen LogP contribution < -0.4 is 0 Å². The molecule has 20 heavy (non-hydrogen) atoms. The number of aliphatic hydroxyl groups excluding tert-OH is 1. The zero-order valence-corrected chi connectivity index (χ0v) is 12.3. The summed E-state index contributed by atoms with van der Waals surface area (Å²) in [5, 5.41) is 19.0. The molecule has 6 nitrogen and oxygen atoms in total. The van der Waals surface area contributed by atoms with E-state index in [0.29, 0.717) is 18.6 Å². The Kier molecular flexibility index (Phi) is 3.58. The van der Waals surface area contributed by atoms with Crippen LogP contribution in [0.3, 0.4) is 0 Å². The molecule has 0 saturated carbocycles. The van der Waals surface area contributed by atoms with E-state index in [1.165, 1.54) is 16.7 Å². The van der Waals surface area contributed by atoms with Gasteiger partial charge in [-0.25, -0.2) is 9.59 Å². The molecule has 3 rings (SSSR count). The Balaban J connectivity index is 1.80. The van der Waals surface area contributed by atoms with Crippen molar-refractivity contribution in [1.82, 2.24) is 9.80 Å². The number of nitrogens with zero attached hydrogens (tertiary/aromatic N) is 2. The third-order valence-corrected chi connectivity index (χ3v) is 5.88. The van der Waals surface area contributed by atoms with Crippen LogP contribution in [-0.4, -0.2) is 67.4 Å². The Morgan fingerprint density at radius 3 is 2.30 bits per heavy atom. The Morgan fingerprint density at radius 2 is 1.75 bits per heavy atom. The number of rotatable bonds is 1. The minimum Gasteiger partial charge on any atom is -0.480 e. The molecule has 0 aromatic carbocycles. The van der Waals surface area contributed by atoms with E-state index in [1.54, 1.807) is 0 Å². The number of aliphatic hydroxyl groups is 1. The molecule has 0 radical (unpaired) electrons. The van der Waals surface area contributed by atoms with E-state index < -0.39 is 12.0 Å². The fourth-order valence-electron chi connectivity index (χ4n) is 3.72. The standard InChI is InChI=1S/C13H20N2O4S/c1-7-14(11(6-20-7)12(17)18)13(19)15-8-2-3-9(15)5-10(16)4-8/h7-11,16H,2-6H2,1H3,(H,17,18). The first-order chi connectivity index (χ1) is 9.49. The van der Waals surface area contributed by atoms with Gasteiger partial charge < -0.3 is 15.1 Å². The van der Waals surface area contributed by atoms with Crippen LogP contribution in [0.5, 0.6) is 0 Å². The lowest BCUT2D eigenvalue weighted by Gasteiger charge is -2.40. The van der Waals surface area contributed by atoms with Gasteiger partial charge in [0.1, 0.15) is 6.04 Å². The molecule has 112 valence electrons. The van der Waals surface area contributed by atoms with Crippen molar-refractivity contribution in [3.8, 4) is 0 Å². The predicted octanol–water partition coefficient (Wildman–Crippen LogP) is 0.942. The summed E-state index contributed by atoms with van der Waals surface area (Å²) in [6, 6.07) is -0.741. The predicted molar refractivity (Wildman–Crippen MR) is 74.5 cm³/mol. The van der Waals surface area contributed by atoms with Gasteiger partial charge >= 0.3 is 12.0 Å². The molecular weight excluding hydrogens is 280 g/mol. The molecule has 3 fully saturated rings. The highest BCUT2D eigenvalue weighted by Gasteiger charge is 2.48. The first kappa shape index (κ1) is 14.0. The van der Waals surface area contributed by atoms with Crippen molar-refractivity contribution in [2.75, 3.05) is 5.75 Å². The van der Waals surface area contributed by atoms with Crippen molar-refractivity contribution in [2.45, 2.75) is 62.2 Å². The van der Waals surface area contributed by atoms with Crippen LogP contribution in [0.25, 0.3) is 0 Å². The lowest BCUT2D eigenvalue weighted by Crippen LogP contribution is -2.56. The van der Waals surface area contributed by atoms with Crippen LogP contribution in [0, 0.1) is 0 Å². The number of aliphatic carboxylic acids is 1. The minimum absolute atomic E-state index is 0.0727. The summed E-state index contributed by atoms with van der Waals surface area (Å²) in [5.74, 6) is -0.479. The van der Waals surface area contributed by atoms with E-state index in [2.05, 4.69) is 0 Å². The highest BCUT2D eigenvalue weighted by molar-refractivity contribution is 8.00. The first-order valence-electron chi connectivity index (χ1n) is 7.12. The van der Waals surface area contributed by atoms with E-state index in [0.717, 1.165) is 12.8 Å². The van der Waals surface area contributed by atoms with E-state index in [9.17, 15) is 19.8 Å². The van der Waals surface area contributed by atoms with Crippen LogP contribution in [0.15, 0.2) is 0 Å². The molecule has 3 aliphatic heterocycles. The van der Waals surface area contributed by atoms with Crippen LogP contribution in [0.1, 0.15) is 32.6 Å². The third kappa shape index (κ3) is 2.16. The summed E-state index contributed by atoms with van der Waals surface area (Å²) in [7, 11) is 0. The summed E-state index contributed by atoms with van der Waals surface area (Å²) >= 11 is 1.51. The van der Waals surface area contributed by atoms with E-state index in [4.69, 9.17) is 0 Å². The summed E-state index contributed by atoms with van der Waals surface area (Å²) < 4.78 is 0. The minimum atomic E-state index is -0.931. The number of carboxylic acids is 1. The fourth-order valence-corrected chi connectivity index (χ4v) is 4.88. The number of urea groups is 1. The number of piperidine rings is 1. The van der Waals surface area contributed by atoms with Crippen molar-refractivity contribution >= 4 is 23.8 Å². The van der Waals surface area contributed by atoms with Crippen LogP contribution in [0.2, 0.25) is 0 Å². The molecule has 7 heteroatoms. The zero-order valence-electron chi connectivity index (χ0n) is 11.4. The van der Waals surface area contributed by atoms with Gasteiger partial charge in [0.2, 0.25) is 0 Å². The molecular formula is C13H20N2O4S. The van der Waals surface area contributed by atoms with Gasteiger partial charge in [-0.05, 0) is 32.6 Å². The van der Waals surface area contributed by atoms with Gasteiger partial charge in [0.25, 0.3) is 0 Å². The van der Waals surface area contributed by atoms with Gasteiger partial charge in [0.15, 0.2) is 0 Å². The smallest absolute Gasteiger partial charge is 0.327 e. The van der Waals surface area contributed by atoms with Crippen molar-refractivity contribution in [1.29, 1.82) is 0 Å². The van der Waals surface area contributed by atoms with Gasteiger partial charge in [-0.3, -0.25) is 4.90 Å². The van der Waals surface area contributed by atoms with Crippen LogP contribution >= 0.6 is 11.8 Å². The van der Waals surface area contributed by atoms with E-state index >= 15 is 0 Å². The molecule has 3 heterocycles. The molecule has 0 aliphatic carbocycles. The second-order valence-corrected chi connectivity index (χ2v) is 7.24. The maximum Gasteiger partial charge on any atom is 0.327 e. The van der Waals surface area contributed by atoms with Crippen molar-refractivity contribution < 1.29 is 19.8 Å². The normalized spacial score (nSPS) is 40.2. The number of carbonyl (C=O) groups excluding carboxylic acids is 1. The molecule has 2 amide bonds. The zero-order chi connectivity index (χ0) is 14.4. The number of thioether (sulfide) groups is 1. The second kappa shape index (κ2) is 5.11. The lowest BCUT2D eigenvalue weighted by atomic mass is 10.0. The fraction of sp³-hybridized carbons (Fsp3) is 0.846. The molecule has 4 atom stereocenters. The highest BCUT2D eigenvalue weighted by atomic mass is 32.2. The average Bonchev–Trinajstić information content (AvgIpc) is 2.88. The number of hydrogen-bond acceptors (Lipinski definition) is 4. The molecule has 4 unspecified atom stereocenters. The summed E-state index contributed by atoms with van der Waals surface area (Å²) in [5.41, 5.74) is 0. The SMILES string of the molecule is CC1SCC(C(=O)O)N1C(=O)N1C2CCC1CC(O)C2. The molecule has 2 N–H and O–H groups in total. The number of hydrogen-bond donors (Lipinski definition) is 2. The number of amides is 2. The molecule has 0 spiro atoms. The molecule has 3 saturated heterocycles. The van der Waals surface area contributed by atoms with Crippen LogP contribution in [0.4, 0.5) is 4.79 Å². The monoisotopic (exact) mass is 300 g/mol. The van der Waals surface area contributed by atoms with Gasteiger partial charge in [0, 0.05) is 17.8 Å². The number of carbonyl (C=O) groups is 2. The quantitative estimate of drug-likeness (QED) is 0.753. The van der Waals surface area contributed by atoms with Crippen molar-refractivity contribution in [2.24, 2.45) is 0 Å². The largest absolute Gasteiger partial charge is 0.480 e. The molecule has 2 bridgehead atoms. The summed E-state index contributed by atoms with van der Waals surface area (Å²) in [6.45, 7) is 1.88. The van der Waals surface area contributed by atoms with Gasteiger partial charge in [-0.1, -0.05) is 0 Å². The maximum absolute atomic E-state index is 12.8. The van der Waals surface area contributed by atoms with Crippen LogP contribution in [-0.2, 0) is 4.79 Å². The Hall–Kier alpha value is -0.950. The third-order valence-electron chi connectivity index (χ3n) is 4.66. The lowest BCUT2D eigenvalue weighted by molar-refractivity contribution is -0.141. The Morgan fingerprint density at radius 1 is 1.15 bits per heavy atom. The first-order valence-corrected chi connectivity index (χ1v) is 8.17. The Bertz CT molecular complexity index is 419. The van der Waals surface area contributed by atoms with Gasteiger partial charge in [-0.2, -0.15) is 0 Å². The second-order valence-electron chi connectivity index (χ2n) is 5.89. The molecule has 0 aromatic heterocycles. The average molecular weight is 300 g/mol. The maximum atomic E-state index is 12.8. The van der Waals surface area contributed by atoms with Crippen molar-refractivity contribution in [3.63, 3.8) is 0 Å². The van der Waals surface area contributed by atoms with Crippen molar-refractivity contribution in [3.05, 3.63) is 0 Å². The number of carboxylic acid groups (broad SMARTS) is 1. The summed E-state index contributed by atoms with van der Waals surface area (Å²) in [4.78, 5) is 27.4. The molecule has 0 aromatic rings. The van der Waals surface area contributed by atoms with Gasteiger partial charge in [-0.15, -0.1) is 11.8 Å². The highest BCUT2D eigenvalue weighted by Crippen LogP contribution is 2.39. The summed E-state index contributed by atoms with van der Waals surface area (Å²) in [6.07, 6.45) is 2.75. The van der Waals surface area contributed by atoms with E-state index in [1.807, 2.05) is 11.8 Å². The van der Waals surface area contributed by atoms with E-state index in [-0.39, 0.29) is 29.6 Å². The topological polar surface area (TPSA) is 81.1 Å².